The molecule has 2 heterocycles. The van der Waals surface area contributed by atoms with E-state index in [0.29, 0.717) is 43.1 Å². The molecule has 3 aromatic rings. The predicted octanol–water partition coefficient (Wildman–Crippen LogP) is 2.01. The van der Waals surface area contributed by atoms with Crippen LogP contribution >= 0.6 is 0 Å². The number of aromatic nitrogens is 2. The molecule has 0 saturated carbocycles. The molecule has 0 bridgehead atoms. The fourth-order valence-electron chi connectivity index (χ4n) is 3.56. The first-order chi connectivity index (χ1) is 15.0. The minimum atomic E-state index is -3.70. The van der Waals surface area contributed by atoms with Crippen LogP contribution in [0, 0.1) is 11.3 Å². The van der Waals surface area contributed by atoms with Crippen LogP contribution in [0.1, 0.15) is 12.0 Å². The number of rotatable bonds is 4. The maximum Gasteiger partial charge on any atom is 0.271 e. The summed E-state index contributed by atoms with van der Waals surface area (Å²) in [5, 5.41) is 13.6. The minimum Gasteiger partial charge on any atom is -0.354 e. The second-order valence-electron chi connectivity index (χ2n) is 7.16. The molecule has 0 atom stereocenters. The van der Waals surface area contributed by atoms with E-state index in [1.54, 1.807) is 18.2 Å². The summed E-state index contributed by atoms with van der Waals surface area (Å²) >= 11 is 0. The van der Waals surface area contributed by atoms with Gasteiger partial charge in [0.1, 0.15) is 5.82 Å². The van der Waals surface area contributed by atoms with Crippen molar-refractivity contribution in [2.45, 2.75) is 11.3 Å². The van der Waals surface area contributed by atoms with E-state index in [4.69, 9.17) is 5.26 Å². The minimum absolute atomic E-state index is 0.121. The standard InChI is InChI=1S/C22H21N5O3S/c23-17-18-6-4-9-20(16-18)31(29,30)26-13-5-12-25(14-15-26)21-10-11-22(28)27(24-21)19-7-2-1-3-8-19/h1-4,6-11,16H,5,12-15H2. The summed E-state index contributed by atoms with van der Waals surface area (Å²) in [5.74, 6) is 0.620. The fraction of sp³-hybridized carbons (Fsp3) is 0.227. The largest absolute Gasteiger partial charge is 0.354 e. The molecule has 1 aromatic heterocycles. The van der Waals surface area contributed by atoms with E-state index >= 15 is 0 Å². The third kappa shape index (κ3) is 4.35. The lowest BCUT2D eigenvalue weighted by atomic mass is 10.2. The molecule has 1 aliphatic heterocycles. The highest BCUT2D eigenvalue weighted by atomic mass is 32.2. The number of hydrogen-bond donors (Lipinski definition) is 0. The third-order valence-corrected chi connectivity index (χ3v) is 7.06. The molecular weight excluding hydrogens is 414 g/mol. The highest BCUT2D eigenvalue weighted by molar-refractivity contribution is 7.89. The van der Waals surface area contributed by atoms with Crippen LogP contribution in [0.2, 0.25) is 0 Å². The highest BCUT2D eigenvalue weighted by Crippen LogP contribution is 2.20. The summed E-state index contributed by atoms with van der Waals surface area (Å²) in [6.45, 7) is 1.71. The van der Waals surface area contributed by atoms with Crippen LogP contribution in [0.4, 0.5) is 5.82 Å². The van der Waals surface area contributed by atoms with E-state index in [1.807, 2.05) is 41.3 Å². The van der Waals surface area contributed by atoms with Crippen LogP contribution in [0.25, 0.3) is 5.69 Å². The van der Waals surface area contributed by atoms with Gasteiger partial charge in [-0.25, -0.2) is 8.42 Å². The molecule has 8 nitrogen and oxygen atoms in total. The van der Waals surface area contributed by atoms with E-state index in [-0.39, 0.29) is 17.0 Å². The summed E-state index contributed by atoms with van der Waals surface area (Å²) in [6, 6.07) is 20.4. The zero-order valence-corrected chi connectivity index (χ0v) is 17.6. The number of sulfonamides is 1. The van der Waals surface area contributed by atoms with E-state index in [0.717, 1.165) is 0 Å². The van der Waals surface area contributed by atoms with Crippen molar-refractivity contribution in [2.75, 3.05) is 31.1 Å². The quantitative estimate of drug-likeness (QED) is 0.622. The molecule has 0 radical (unpaired) electrons. The van der Waals surface area contributed by atoms with Gasteiger partial charge in [0.25, 0.3) is 5.56 Å². The Morgan fingerprint density at radius 2 is 1.71 bits per heavy atom. The molecule has 158 valence electrons. The number of anilines is 1. The zero-order valence-electron chi connectivity index (χ0n) is 16.8. The van der Waals surface area contributed by atoms with Gasteiger partial charge in [-0.15, -0.1) is 5.10 Å². The monoisotopic (exact) mass is 435 g/mol. The Morgan fingerprint density at radius 3 is 2.48 bits per heavy atom. The maximum atomic E-state index is 13.1. The lowest BCUT2D eigenvalue weighted by molar-refractivity contribution is 0.433. The Labute approximate surface area is 180 Å². The molecule has 2 aromatic carbocycles. The molecule has 0 unspecified atom stereocenters. The van der Waals surface area contributed by atoms with Crippen molar-refractivity contribution in [1.29, 1.82) is 5.26 Å². The van der Waals surface area contributed by atoms with Crippen molar-refractivity contribution < 1.29 is 8.42 Å². The van der Waals surface area contributed by atoms with Crippen LogP contribution in [-0.2, 0) is 10.0 Å². The molecule has 1 aliphatic rings. The zero-order chi connectivity index (χ0) is 21.8. The topological polar surface area (TPSA) is 99.3 Å². The summed E-state index contributed by atoms with van der Waals surface area (Å²) in [6.07, 6.45) is 0.614. The molecule has 31 heavy (non-hydrogen) atoms. The van der Waals surface area contributed by atoms with Crippen molar-refractivity contribution in [3.8, 4) is 11.8 Å². The maximum absolute atomic E-state index is 13.1. The first-order valence-corrected chi connectivity index (χ1v) is 11.3. The van der Waals surface area contributed by atoms with Crippen LogP contribution < -0.4 is 10.5 Å². The number of benzene rings is 2. The Balaban J connectivity index is 1.56. The molecule has 4 rings (SSSR count). The summed E-state index contributed by atoms with van der Waals surface area (Å²) in [7, 11) is -3.70. The second kappa shape index (κ2) is 8.71. The van der Waals surface area contributed by atoms with Gasteiger partial charge in [0, 0.05) is 32.2 Å². The van der Waals surface area contributed by atoms with Gasteiger partial charge in [0.15, 0.2) is 0 Å². The normalized spacial score (nSPS) is 15.3. The average Bonchev–Trinajstić information content (AvgIpc) is 3.07. The molecule has 1 saturated heterocycles. The molecule has 1 fully saturated rings. The highest BCUT2D eigenvalue weighted by Gasteiger charge is 2.27. The Hall–Kier alpha value is -3.48. The van der Waals surface area contributed by atoms with Crippen molar-refractivity contribution in [3.05, 3.63) is 82.6 Å². The van der Waals surface area contributed by atoms with Crippen molar-refractivity contribution in [2.24, 2.45) is 0 Å². The van der Waals surface area contributed by atoms with Gasteiger partial charge in [-0.3, -0.25) is 4.79 Å². The Bertz CT molecular complexity index is 1280. The SMILES string of the molecule is N#Cc1cccc(S(=O)(=O)N2CCCN(c3ccc(=O)n(-c4ccccc4)n3)CC2)c1. The lowest BCUT2D eigenvalue weighted by Crippen LogP contribution is -2.36. The summed E-state index contributed by atoms with van der Waals surface area (Å²) in [5.41, 5.74) is 0.752. The van der Waals surface area contributed by atoms with Gasteiger partial charge in [0.2, 0.25) is 10.0 Å². The number of nitrogens with zero attached hydrogens (tertiary/aromatic N) is 5. The van der Waals surface area contributed by atoms with Crippen molar-refractivity contribution in [3.63, 3.8) is 0 Å². The molecule has 0 spiro atoms. The van der Waals surface area contributed by atoms with E-state index < -0.39 is 10.0 Å². The molecule has 0 N–H and O–H groups in total. The third-order valence-electron chi connectivity index (χ3n) is 5.17. The van der Waals surface area contributed by atoms with E-state index in [2.05, 4.69) is 5.10 Å². The van der Waals surface area contributed by atoms with Gasteiger partial charge in [-0.05, 0) is 42.8 Å². The van der Waals surface area contributed by atoms with Gasteiger partial charge < -0.3 is 4.90 Å². The summed E-state index contributed by atoms with van der Waals surface area (Å²) in [4.78, 5) is 14.4. The summed E-state index contributed by atoms with van der Waals surface area (Å²) < 4.78 is 28.9. The van der Waals surface area contributed by atoms with Gasteiger partial charge >= 0.3 is 0 Å². The Morgan fingerprint density at radius 1 is 0.903 bits per heavy atom. The molecular formula is C22H21N5O3S. The second-order valence-corrected chi connectivity index (χ2v) is 9.10. The lowest BCUT2D eigenvalue weighted by Gasteiger charge is -2.23. The number of para-hydroxylation sites is 1. The number of nitriles is 1. The molecule has 0 amide bonds. The molecule has 0 aliphatic carbocycles. The predicted molar refractivity (Wildman–Crippen MR) is 117 cm³/mol. The fourth-order valence-corrected chi connectivity index (χ4v) is 5.08. The van der Waals surface area contributed by atoms with Crippen LogP contribution in [0.15, 0.2) is 76.4 Å². The van der Waals surface area contributed by atoms with Gasteiger partial charge in [-0.2, -0.15) is 14.2 Å². The Kier molecular flexibility index (Phi) is 5.84. The van der Waals surface area contributed by atoms with E-state index in [9.17, 15) is 13.2 Å². The number of hydrogen-bond acceptors (Lipinski definition) is 6. The van der Waals surface area contributed by atoms with Crippen molar-refractivity contribution in [1.82, 2.24) is 14.1 Å². The first kappa shape index (κ1) is 20.8. The van der Waals surface area contributed by atoms with Crippen LogP contribution in [0.3, 0.4) is 0 Å². The first-order valence-electron chi connectivity index (χ1n) is 9.90. The van der Waals surface area contributed by atoms with Gasteiger partial charge in [0.05, 0.1) is 22.2 Å². The van der Waals surface area contributed by atoms with Gasteiger partial charge in [-0.1, -0.05) is 24.3 Å². The molecule has 9 heteroatoms. The van der Waals surface area contributed by atoms with Crippen molar-refractivity contribution >= 4 is 15.8 Å². The average molecular weight is 436 g/mol. The smallest absolute Gasteiger partial charge is 0.271 e. The van der Waals surface area contributed by atoms with Crippen LogP contribution in [-0.4, -0.2) is 48.7 Å². The van der Waals surface area contributed by atoms with Crippen LogP contribution in [0.5, 0.6) is 0 Å². The van der Waals surface area contributed by atoms with E-state index in [1.165, 1.54) is 27.2 Å².